The average molecular weight is 439 g/mol. The Kier molecular flexibility index (Phi) is 6.97. The van der Waals surface area contributed by atoms with Crippen LogP contribution in [0, 0.1) is 6.92 Å². The third-order valence-electron chi connectivity index (χ3n) is 5.01. The zero-order valence-corrected chi connectivity index (χ0v) is 18.6. The van der Waals surface area contributed by atoms with Gasteiger partial charge in [-0.1, -0.05) is 36.4 Å². The summed E-state index contributed by atoms with van der Waals surface area (Å²) in [6.07, 6.45) is 1.18. The molecule has 3 aromatic carbocycles. The van der Waals surface area contributed by atoms with Crippen LogP contribution >= 0.6 is 0 Å². The van der Waals surface area contributed by atoms with Crippen molar-refractivity contribution in [3.05, 3.63) is 95.1 Å². The molecule has 0 aliphatic carbocycles. The number of ether oxygens (including phenoxy) is 1. The van der Waals surface area contributed by atoms with Crippen LogP contribution in [0.4, 0.5) is 5.69 Å². The van der Waals surface area contributed by atoms with Gasteiger partial charge in [-0.25, -0.2) is 8.42 Å². The molecule has 162 valence electrons. The van der Waals surface area contributed by atoms with Gasteiger partial charge in [-0.2, -0.15) is 0 Å². The van der Waals surface area contributed by atoms with Crippen LogP contribution in [0.5, 0.6) is 5.75 Å². The Labute approximate surface area is 183 Å². The third kappa shape index (κ3) is 5.86. The number of rotatable bonds is 8. The number of benzene rings is 3. The molecule has 7 heteroatoms. The van der Waals surface area contributed by atoms with Gasteiger partial charge in [0.2, 0.25) is 10.0 Å². The van der Waals surface area contributed by atoms with Gasteiger partial charge in [-0.15, -0.1) is 0 Å². The van der Waals surface area contributed by atoms with Crippen molar-refractivity contribution in [1.29, 1.82) is 0 Å². The smallest absolute Gasteiger partial charge is 0.251 e. The lowest BCUT2D eigenvalue weighted by Gasteiger charge is -2.23. The number of nitrogens with one attached hydrogen (secondary N) is 1. The molecule has 0 fully saturated rings. The van der Waals surface area contributed by atoms with E-state index in [1.807, 2.05) is 55.5 Å². The zero-order chi connectivity index (χ0) is 22.4. The largest absolute Gasteiger partial charge is 0.497 e. The van der Waals surface area contributed by atoms with Crippen LogP contribution in [0.25, 0.3) is 0 Å². The van der Waals surface area contributed by atoms with Crippen LogP contribution < -0.4 is 14.4 Å². The summed E-state index contributed by atoms with van der Waals surface area (Å²) in [4.78, 5) is 12.5. The topological polar surface area (TPSA) is 75.7 Å². The molecule has 0 aliphatic rings. The summed E-state index contributed by atoms with van der Waals surface area (Å²) in [6, 6.07) is 21.7. The van der Waals surface area contributed by atoms with Crippen molar-refractivity contribution in [2.24, 2.45) is 0 Å². The first-order valence-corrected chi connectivity index (χ1v) is 11.7. The highest BCUT2D eigenvalue weighted by Gasteiger charge is 2.19. The predicted molar refractivity (Wildman–Crippen MR) is 123 cm³/mol. The van der Waals surface area contributed by atoms with Crippen molar-refractivity contribution in [3.63, 3.8) is 0 Å². The summed E-state index contributed by atoms with van der Waals surface area (Å²) in [7, 11) is -1.89. The Bertz CT molecular complexity index is 1140. The normalized spacial score (nSPS) is 11.1. The molecule has 3 rings (SSSR count). The minimum absolute atomic E-state index is 0.229. The first-order chi connectivity index (χ1) is 14.8. The summed E-state index contributed by atoms with van der Waals surface area (Å²) in [5.74, 6) is 0.527. The van der Waals surface area contributed by atoms with Crippen LogP contribution in [0.2, 0.25) is 0 Å². The molecule has 0 spiro atoms. The number of hydrogen-bond donors (Lipinski definition) is 1. The second-order valence-electron chi connectivity index (χ2n) is 7.27. The predicted octanol–water partition coefficient (Wildman–Crippen LogP) is 3.90. The minimum Gasteiger partial charge on any atom is -0.497 e. The number of methoxy groups -OCH3 is 1. The number of carbonyl (C=O) groups is 1. The van der Waals surface area contributed by atoms with E-state index in [2.05, 4.69) is 5.32 Å². The molecular formula is C24H26N2O4S. The molecule has 31 heavy (non-hydrogen) atoms. The first kappa shape index (κ1) is 22.4. The SMILES string of the molecule is COc1ccc(CNC(=O)c2ccc(N(Cc3ccccc3C)S(C)(=O)=O)cc2)cc1. The second kappa shape index (κ2) is 9.66. The van der Waals surface area contributed by atoms with Crippen molar-refractivity contribution >= 4 is 21.6 Å². The molecule has 0 saturated carbocycles. The number of sulfonamides is 1. The molecule has 0 atom stereocenters. The summed E-state index contributed by atoms with van der Waals surface area (Å²) >= 11 is 0. The number of nitrogens with zero attached hydrogens (tertiary/aromatic N) is 1. The Morgan fingerprint density at radius 3 is 2.19 bits per heavy atom. The number of carbonyl (C=O) groups excluding carboxylic acids is 1. The van der Waals surface area contributed by atoms with Crippen molar-refractivity contribution in [2.45, 2.75) is 20.0 Å². The fraction of sp³-hybridized carbons (Fsp3) is 0.208. The maximum Gasteiger partial charge on any atom is 0.251 e. The minimum atomic E-state index is -3.50. The molecule has 3 aromatic rings. The Morgan fingerprint density at radius 1 is 0.968 bits per heavy atom. The molecule has 0 bridgehead atoms. The number of amides is 1. The zero-order valence-electron chi connectivity index (χ0n) is 17.8. The van der Waals surface area contributed by atoms with Crippen molar-refractivity contribution in [3.8, 4) is 5.75 Å². The van der Waals surface area contributed by atoms with Gasteiger partial charge >= 0.3 is 0 Å². The highest BCUT2D eigenvalue weighted by molar-refractivity contribution is 7.92. The van der Waals surface area contributed by atoms with Crippen LogP contribution in [-0.4, -0.2) is 27.7 Å². The van der Waals surface area contributed by atoms with E-state index in [4.69, 9.17) is 4.74 Å². The van der Waals surface area contributed by atoms with Crippen molar-refractivity contribution in [1.82, 2.24) is 5.32 Å². The van der Waals surface area contributed by atoms with Gasteiger partial charge in [0.15, 0.2) is 0 Å². The van der Waals surface area contributed by atoms with Crippen LogP contribution in [-0.2, 0) is 23.1 Å². The van der Waals surface area contributed by atoms with E-state index in [0.717, 1.165) is 22.4 Å². The fourth-order valence-electron chi connectivity index (χ4n) is 3.15. The van der Waals surface area contributed by atoms with Crippen molar-refractivity contribution < 1.29 is 17.9 Å². The van der Waals surface area contributed by atoms with Gasteiger partial charge in [-0.3, -0.25) is 9.10 Å². The number of aryl methyl sites for hydroxylation is 1. The first-order valence-electron chi connectivity index (χ1n) is 9.81. The van der Waals surface area contributed by atoms with Gasteiger partial charge in [0, 0.05) is 12.1 Å². The van der Waals surface area contributed by atoms with Crippen LogP contribution in [0.3, 0.4) is 0 Å². The summed E-state index contributed by atoms with van der Waals surface area (Å²) in [5, 5.41) is 2.87. The van der Waals surface area contributed by atoms with Gasteiger partial charge in [-0.05, 0) is 60.0 Å². The molecule has 1 amide bonds. The van der Waals surface area contributed by atoms with E-state index >= 15 is 0 Å². The molecular weight excluding hydrogens is 412 g/mol. The maximum absolute atomic E-state index is 12.5. The fourth-order valence-corrected chi connectivity index (χ4v) is 4.03. The molecule has 0 heterocycles. The standard InChI is InChI=1S/C24H26N2O4S/c1-18-6-4-5-7-21(18)17-26(31(3,28)29)22-12-10-20(11-13-22)24(27)25-16-19-8-14-23(30-2)15-9-19/h4-15H,16-17H2,1-3H3,(H,25,27). The maximum atomic E-state index is 12.5. The van der Waals surface area contributed by atoms with E-state index in [9.17, 15) is 13.2 Å². The Morgan fingerprint density at radius 2 is 1.61 bits per heavy atom. The van der Waals surface area contributed by atoms with Gasteiger partial charge in [0.1, 0.15) is 5.75 Å². The van der Waals surface area contributed by atoms with E-state index in [1.165, 1.54) is 10.6 Å². The Hall–Kier alpha value is -3.32. The second-order valence-corrected chi connectivity index (χ2v) is 9.18. The van der Waals surface area contributed by atoms with Gasteiger partial charge in [0.25, 0.3) is 5.91 Å². The summed E-state index contributed by atoms with van der Waals surface area (Å²) < 4.78 is 31.3. The summed E-state index contributed by atoms with van der Waals surface area (Å²) in [6.45, 7) is 2.56. The van der Waals surface area contributed by atoms with Crippen LogP contribution in [0.1, 0.15) is 27.0 Å². The van der Waals surface area contributed by atoms with Crippen molar-refractivity contribution in [2.75, 3.05) is 17.7 Å². The van der Waals surface area contributed by atoms with Gasteiger partial charge < -0.3 is 10.1 Å². The van der Waals surface area contributed by atoms with E-state index < -0.39 is 10.0 Å². The molecule has 0 unspecified atom stereocenters. The lowest BCUT2D eigenvalue weighted by molar-refractivity contribution is 0.0951. The quantitative estimate of drug-likeness (QED) is 0.579. The molecule has 0 aliphatic heterocycles. The molecule has 0 radical (unpaired) electrons. The monoisotopic (exact) mass is 438 g/mol. The number of hydrogen-bond acceptors (Lipinski definition) is 4. The molecule has 6 nitrogen and oxygen atoms in total. The lowest BCUT2D eigenvalue weighted by atomic mass is 10.1. The Balaban J connectivity index is 1.71. The van der Waals surface area contributed by atoms with E-state index in [-0.39, 0.29) is 12.5 Å². The van der Waals surface area contributed by atoms with Crippen LogP contribution in [0.15, 0.2) is 72.8 Å². The van der Waals surface area contributed by atoms with E-state index in [0.29, 0.717) is 17.8 Å². The van der Waals surface area contributed by atoms with Gasteiger partial charge in [0.05, 0.1) is 25.6 Å². The summed E-state index contributed by atoms with van der Waals surface area (Å²) in [5.41, 5.74) is 3.87. The van der Waals surface area contributed by atoms with E-state index in [1.54, 1.807) is 31.4 Å². The molecule has 1 N–H and O–H groups in total. The molecule has 0 saturated heterocycles. The third-order valence-corrected chi connectivity index (χ3v) is 6.15. The highest BCUT2D eigenvalue weighted by atomic mass is 32.2. The highest BCUT2D eigenvalue weighted by Crippen LogP contribution is 2.22. The number of anilines is 1. The average Bonchev–Trinajstić information content (AvgIpc) is 2.76. The molecule has 0 aromatic heterocycles. The lowest BCUT2D eigenvalue weighted by Crippen LogP contribution is -2.29.